The van der Waals surface area contributed by atoms with Crippen molar-refractivity contribution in [2.24, 2.45) is 0 Å². The Morgan fingerprint density at radius 3 is 2.17 bits per heavy atom. The first kappa shape index (κ1) is 21.6. The molecule has 10 nitrogen and oxygen atoms in total. The summed E-state index contributed by atoms with van der Waals surface area (Å²) in [6, 6.07) is 4.61. The van der Waals surface area contributed by atoms with Crippen LogP contribution in [-0.2, 0) is 6.18 Å². The second-order valence-electron chi connectivity index (χ2n) is 5.81. The van der Waals surface area contributed by atoms with E-state index in [0.717, 1.165) is 24.3 Å². The van der Waals surface area contributed by atoms with Gasteiger partial charge in [-0.25, -0.2) is 5.01 Å². The Morgan fingerprint density at radius 1 is 1.03 bits per heavy atom. The van der Waals surface area contributed by atoms with Crippen LogP contribution in [0.25, 0.3) is 0 Å². The lowest BCUT2D eigenvalue weighted by molar-refractivity contribution is -0.385. The highest BCUT2D eigenvalue weighted by atomic mass is 19.4. The average molecular weight is 414 g/mol. The molecule has 0 saturated heterocycles. The molecule has 0 unspecified atom stereocenters. The highest BCUT2D eigenvalue weighted by Crippen LogP contribution is 2.38. The number of amides is 1. The molecule has 2 aromatic rings. The van der Waals surface area contributed by atoms with Gasteiger partial charge in [-0.1, -0.05) is 0 Å². The van der Waals surface area contributed by atoms with Gasteiger partial charge in [-0.2, -0.15) is 13.2 Å². The third kappa shape index (κ3) is 5.16. The third-order valence-corrected chi connectivity index (χ3v) is 3.45. The summed E-state index contributed by atoms with van der Waals surface area (Å²) in [5.41, 5.74) is -0.868. The van der Waals surface area contributed by atoms with Crippen LogP contribution in [0.4, 0.5) is 24.5 Å². The van der Waals surface area contributed by atoms with Gasteiger partial charge in [-0.05, 0) is 18.2 Å². The maximum Gasteiger partial charge on any atom is 0.416 e. The zero-order valence-corrected chi connectivity index (χ0v) is 14.9. The number of nitrogens with zero attached hydrogens (tertiary/aromatic N) is 3. The van der Waals surface area contributed by atoms with Crippen molar-refractivity contribution >= 4 is 17.3 Å². The van der Waals surface area contributed by atoms with E-state index in [2.05, 4.69) is 5.43 Å². The molecule has 0 fully saturated rings. The minimum absolute atomic E-state index is 0.220. The molecule has 2 aromatic carbocycles. The van der Waals surface area contributed by atoms with Gasteiger partial charge in [0, 0.05) is 32.3 Å². The fourth-order valence-electron chi connectivity index (χ4n) is 2.23. The predicted molar refractivity (Wildman–Crippen MR) is 92.4 cm³/mol. The number of nitro benzene ring substituents is 2. The quantitative estimate of drug-likeness (QED) is 0.566. The highest BCUT2D eigenvalue weighted by Gasteiger charge is 2.33. The summed E-state index contributed by atoms with van der Waals surface area (Å²) in [5, 5.41) is 23.5. The minimum atomic E-state index is -4.80. The van der Waals surface area contributed by atoms with E-state index in [1.54, 1.807) is 0 Å². The van der Waals surface area contributed by atoms with E-state index in [0.29, 0.717) is 12.1 Å². The number of benzene rings is 2. The number of ether oxygens (including phenoxy) is 1. The van der Waals surface area contributed by atoms with Crippen molar-refractivity contribution in [3.8, 4) is 11.5 Å². The van der Waals surface area contributed by atoms with Crippen LogP contribution in [0.5, 0.6) is 11.5 Å². The molecular formula is C16H13F3N4O6. The van der Waals surface area contributed by atoms with Crippen LogP contribution in [0.15, 0.2) is 36.4 Å². The summed E-state index contributed by atoms with van der Waals surface area (Å²) in [5.74, 6) is -1.60. The standard InChI is InChI=1S/C16H13F3N4O6/c1-21(2)20-15(24)11-8-10(4-5-12(11)22(25)26)29-14-6-3-9(16(17,18)19)7-13(14)23(27)28/h3-8H,1-2H3,(H,20,24). The smallest absolute Gasteiger partial charge is 0.416 e. The number of rotatable bonds is 6. The van der Waals surface area contributed by atoms with Crippen molar-refractivity contribution in [2.45, 2.75) is 6.18 Å². The minimum Gasteiger partial charge on any atom is -0.450 e. The zero-order valence-electron chi connectivity index (χ0n) is 14.9. The molecule has 1 N–H and O–H groups in total. The van der Waals surface area contributed by atoms with Gasteiger partial charge in [-0.15, -0.1) is 0 Å². The van der Waals surface area contributed by atoms with E-state index in [4.69, 9.17) is 4.74 Å². The van der Waals surface area contributed by atoms with Crippen molar-refractivity contribution in [2.75, 3.05) is 14.1 Å². The molecule has 0 aliphatic rings. The number of hydrogen-bond acceptors (Lipinski definition) is 7. The molecule has 0 radical (unpaired) electrons. The lowest BCUT2D eigenvalue weighted by Gasteiger charge is -2.13. The molecule has 0 aromatic heterocycles. The Labute approximate surface area is 160 Å². The third-order valence-electron chi connectivity index (χ3n) is 3.45. The topological polar surface area (TPSA) is 128 Å². The molecule has 0 spiro atoms. The van der Waals surface area contributed by atoms with Gasteiger partial charge >= 0.3 is 11.9 Å². The fourth-order valence-corrected chi connectivity index (χ4v) is 2.23. The lowest BCUT2D eigenvalue weighted by atomic mass is 10.1. The van der Waals surface area contributed by atoms with Crippen molar-refractivity contribution in [1.82, 2.24) is 10.4 Å². The Bertz CT molecular complexity index is 978. The largest absolute Gasteiger partial charge is 0.450 e. The first-order valence-corrected chi connectivity index (χ1v) is 7.70. The van der Waals surface area contributed by atoms with Gasteiger partial charge in [0.25, 0.3) is 11.6 Å². The molecule has 1 amide bonds. The van der Waals surface area contributed by atoms with Crippen LogP contribution in [-0.4, -0.2) is 34.9 Å². The zero-order chi connectivity index (χ0) is 21.9. The molecule has 29 heavy (non-hydrogen) atoms. The van der Waals surface area contributed by atoms with Gasteiger partial charge in [-0.3, -0.25) is 30.4 Å². The number of alkyl halides is 3. The van der Waals surface area contributed by atoms with E-state index in [9.17, 15) is 38.2 Å². The Morgan fingerprint density at radius 2 is 1.66 bits per heavy atom. The average Bonchev–Trinajstić information content (AvgIpc) is 2.60. The number of hydrogen-bond donors (Lipinski definition) is 1. The van der Waals surface area contributed by atoms with Gasteiger partial charge < -0.3 is 4.74 Å². The SMILES string of the molecule is CN(C)NC(=O)c1cc(Oc2ccc(C(F)(F)F)cc2[N+](=O)[O-])ccc1[N+](=O)[O-]. The Kier molecular flexibility index (Phi) is 6.02. The van der Waals surface area contributed by atoms with Gasteiger partial charge in [0.1, 0.15) is 11.3 Å². The maximum absolute atomic E-state index is 12.8. The van der Waals surface area contributed by atoms with E-state index in [1.807, 2.05) is 0 Å². The molecule has 154 valence electrons. The normalized spacial score (nSPS) is 11.2. The van der Waals surface area contributed by atoms with Gasteiger partial charge in [0.05, 0.1) is 15.4 Å². The molecule has 0 bridgehead atoms. The summed E-state index contributed by atoms with van der Waals surface area (Å²) < 4.78 is 43.6. The van der Waals surface area contributed by atoms with Crippen molar-refractivity contribution in [1.29, 1.82) is 0 Å². The molecule has 2 rings (SSSR count). The van der Waals surface area contributed by atoms with Gasteiger partial charge in [0.15, 0.2) is 0 Å². The summed E-state index contributed by atoms with van der Waals surface area (Å²) in [6.45, 7) is 0. The maximum atomic E-state index is 12.8. The van der Waals surface area contributed by atoms with E-state index < -0.39 is 50.2 Å². The first-order chi connectivity index (χ1) is 13.4. The van der Waals surface area contributed by atoms with Crippen LogP contribution in [0, 0.1) is 20.2 Å². The van der Waals surface area contributed by atoms with Crippen LogP contribution >= 0.6 is 0 Å². The van der Waals surface area contributed by atoms with Crippen LogP contribution in [0.3, 0.4) is 0 Å². The summed E-state index contributed by atoms with van der Waals surface area (Å²) >= 11 is 0. The summed E-state index contributed by atoms with van der Waals surface area (Å²) in [4.78, 5) is 32.6. The molecular weight excluding hydrogens is 401 g/mol. The van der Waals surface area contributed by atoms with E-state index in [-0.39, 0.29) is 5.75 Å². The molecule has 0 aliphatic heterocycles. The van der Waals surface area contributed by atoms with Crippen molar-refractivity contribution < 1.29 is 32.5 Å². The Balaban J connectivity index is 2.48. The highest BCUT2D eigenvalue weighted by molar-refractivity contribution is 5.98. The number of nitrogens with one attached hydrogen (secondary N) is 1. The fraction of sp³-hybridized carbons (Fsp3) is 0.188. The van der Waals surface area contributed by atoms with Crippen LogP contribution in [0.2, 0.25) is 0 Å². The summed E-state index contributed by atoms with van der Waals surface area (Å²) in [6.07, 6.45) is -4.80. The second-order valence-corrected chi connectivity index (χ2v) is 5.81. The number of nitro groups is 2. The number of halogens is 3. The van der Waals surface area contributed by atoms with Crippen molar-refractivity contribution in [3.05, 3.63) is 67.8 Å². The first-order valence-electron chi connectivity index (χ1n) is 7.70. The molecule has 0 heterocycles. The van der Waals surface area contributed by atoms with E-state index in [1.165, 1.54) is 19.1 Å². The predicted octanol–water partition coefficient (Wildman–Crippen LogP) is 3.52. The molecule has 0 saturated carbocycles. The number of hydrazine groups is 1. The Hall–Kier alpha value is -3.74. The summed E-state index contributed by atoms with van der Waals surface area (Å²) in [7, 11) is 2.94. The second kappa shape index (κ2) is 8.10. The molecule has 13 heteroatoms. The van der Waals surface area contributed by atoms with Crippen molar-refractivity contribution in [3.63, 3.8) is 0 Å². The number of carbonyl (C=O) groups excluding carboxylic acids is 1. The molecule has 0 aliphatic carbocycles. The monoisotopic (exact) mass is 414 g/mol. The van der Waals surface area contributed by atoms with E-state index >= 15 is 0 Å². The van der Waals surface area contributed by atoms with Crippen LogP contribution in [0.1, 0.15) is 15.9 Å². The molecule has 0 atom stereocenters. The lowest BCUT2D eigenvalue weighted by Crippen LogP contribution is -2.36. The van der Waals surface area contributed by atoms with Crippen LogP contribution < -0.4 is 10.2 Å². The van der Waals surface area contributed by atoms with Gasteiger partial charge in [0.2, 0.25) is 5.75 Å². The number of carbonyl (C=O) groups is 1.